The van der Waals surface area contributed by atoms with Gasteiger partial charge in [-0.1, -0.05) is 6.07 Å². The lowest BCUT2D eigenvalue weighted by atomic mass is 10.1. The molecule has 1 atom stereocenters. The second kappa shape index (κ2) is 10.0. The van der Waals surface area contributed by atoms with Crippen LogP contribution in [0.5, 0.6) is 11.5 Å². The van der Waals surface area contributed by atoms with Crippen LogP contribution in [-0.2, 0) is 4.79 Å². The second-order valence-corrected chi connectivity index (χ2v) is 8.22. The predicted octanol–water partition coefficient (Wildman–Crippen LogP) is 3.15. The van der Waals surface area contributed by atoms with Gasteiger partial charge in [0.05, 0.1) is 20.3 Å². The smallest absolute Gasteiger partial charge is 0.246 e. The van der Waals surface area contributed by atoms with Crippen molar-refractivity contribution >= 4 is 23.7 Å². The third-order valence-electron chi connectivity index (χ3n) is 5.22. The number of hydrogen-bond acceptors (Lipinski definition) is 5. The van der Waals surface area contributed by atoms with Crippen molar-refractivity contribution in [1.82, 2.24) is 9.80 Å². The van der Waals surface area contributed by atoms with Crippen LogP contribution in [0.25, 0.3) is 6.08 Å². The lowest BCUT2D eigenvalue weighted by Gasteiger charge is -2.32. The molecular formula is C21H30N2O3S. The maximum absolute atomic E-state index is 12.9. The third-order valence-corrected chi connectivity index (χ3v) is 6.41. The van der Waals surface area contributed by atoms with Gasteiger partial charge < -0.3 is 19.3 Å². The fourth-order valence-electron chi connectivity index (χ4n) is 3.75. The molecule has 2 fully saturated rings. The zero-order valence-corrected chi connectivity index (χ0v) is 17.2. The molecule has 1 unspecified atom stereocenters. The summed E-state index contributed by atoms with van der Waals surface area (Å²) in [4.78, 5) is 17.5. The van der Waals surface area contributed by atoms with Gasteiger partial charge in [-0.3, -0.25) is 4.79 Å². The van der Waals surface area contributed by atoms with E-state index in [0.717, 1.165) is 36.6 Å². The summed E-state index contributed by atoms with van der Waals surface area (Å²) in [6.45, 7) is 4.19. The Labute approximate surface area is 166 Å². The fourth-order valence-corrected chi connectivity index (χ4v) is 4.81. The summed E-state index contributed by atoms with van der Waals surface area (Å²) < 4.78 is 10.6. The molecular weight excluding hydrogens is 360 g/mol. The first-order valence-corrected chi connectivity index (χ1v) is 10.9. The van der Waals surface area contributed by atoms with Gasteiger partial charge in [-0.25, -0.2) is 0 Å². The minimum absolute atomic E-state index is 0.108. The molecule has 2 saturated heterocycles. The summed E-state index contributed by atoms with van der Waals surface area (Å²) in [6, 6.07) is 5.99. The molecule has 148 valence electrons. The fraction of sp³-hybridized carbons (Fsp3) is 0.571. The summed E-state index contributed by atoms with van der Waals surface area (Å²) in [5.74, 6) is 3.64. The maximum Gasteiger partial charge on any atom is 0.246 e. The summed E-state index contributed by atoms with van der Waals surface area (Å²) in [5.41, 5.74) is 0.932. The molecule has 6 heteroatoms. The van der Waals surface area contributed by atoms with E-state index in [4.69, 9.17) is 9.47 Å². The van der Waals surface area contributed by atoms with Crippen molar-refractivity contribution in [2.24, 2.45) is 0 Å². The Morgan fingerprint density at radius 3 is 2.67 bits per heavy atom. The average Bonchev–Trinajstić information content (AvgIpc) is 3.10. The van der Waals surface area contributed by atoms with E-state index in [1.165, 1.54) is 25.9 Å². The minimum atomic E-state index is 0.108. The first-order chi connectivity index (χ1) is 13.2. The van der Waals surface area contributed by atoms with E-state index >= 15 is 0 Å². The number of likely N-dealkylation sites (tertiary alicyclic amines) is 1. The largest absolute Gasteiger partial charge is 0.493 e. The zero-order valence-electron chi connectivity index (χ0n) is 16.4. The summed E-state index contributed by atoms with van der Waals surface area (Å²) >= 11 is 1.98. The second-order valence-electron chi connectivity index (χ2n) is 7.07. The van der Waals surface area contributed by atoms with Crippen LogP contribution in [0.3, 0.4) is 0 Å². The zero-order chi connectivity index (χ0) is 19.1. The number of thioether (sulfide) groups is 1. The van der Waals surface area contributed by atoms with Crippen LogP contribution >= 0.6 is 11.8 Å². The highest BCUT2D eigenvalue weighted by Gasteiger charge is 2.27. The number of nitrogens with zero attached hydrogens (tertiary/aromatic N) is 2. The van der Waals surface area contributed by atoms with Crippen LogP contribution in [0, 0.1) is 0 Å². The van der Waals surface area contributed by atoms with Crippen molar-refractivity contribution in [2.45, 2.75) is 25.3 Å². The van der Waals surface area contributed by atoms with Gasteiger partial charge in [0, 0.05) is 24.9 Å². The topological polar surface area (TPSA) is 42.0 Å². The van der Waals surface area contributed by atoms with Crippen LogP contribution in [0.2, 0.25) is 0 Å². The maximum atomic E-state index is 12.9. The number of rotatable bonds is 6. The highest BCUT2D eigenvalue weighted by Crippen LogP contribution is 2.28. The van der Waals surface area contributed by atoms with E-state index in [1.807, 2.05) is 36.0 Å². The summed E-state index contributed by atoms with van der Waals surface area (Å²) in [6.07, 6.45) is 7.21. The molecule has 2 aliphatic heterocycles. The summed E-state index contributed by atoms with van der Waals surface area (Å²) in [5, 5.41) is 0. The van der Waals surface area contributed by atoms with Crippen molar-refractivity contribution in [3.05, 3.63) is 29.8 Å². The molecule has 27 heavy (non-hydrogen) atoms. The molecule has 5 nitrogen and oxygen atoms in total. The van der Waals surface area contributed by atoms with Gasteiger partial charge in [0.1, 0.15) is 0 Å². The molecule has 3 rings (SSSR count). The quantitative estimate of drug-likeness (QED) is 0.698. The summed E-state index contributed by atoms with van der Waals surface area (Å²) in [7, 11) is 3.24. The molecule has 1 aromatic rings. The molecule has 1 amide bonds. The number of hydrogen-bond donors (Lipinski definition) is 0. The van der Waals surface area contributed by atoms with Gasteiger partial charge in [-0.2, -0.15) is 11.8 Å². The van der Waals surface area contributed by atoms with E-state index in [1.54, 1.807) is 20.3 Å². The van der Waals surface area contributed by atoms with Gasteiger partial charge in [0.2, 0.25) is 5.91 Å². The van der Waals surface area contributed by atoms with E-state index in [9.17, 15) is 4.79 Å². The Morgan fingerprint density at radius 1 is 1.15 bits per heavy atom. The van der Waals surface area contributed by atoms with Gasteiger partial charge >= 0.3 is 0 Å². The molecule has 0 aromatic heterocycles. The van der Waals surface area contributed by atoms with Crippen molar-refractivity contribution in [3.63, 3.8) is 0 Å². The number of carbonyl (C=O) groups is 1. The van der Waals surface area contributed by atoms with Gasteiger partial charge in [-0.15, -0.1) is 0 Å². The molecule has 0 N–H and O–H groups in total. The van der Waals surface area contributed by atoms with E-state index in [0.29, 0.717) is 17.5 Å². The van der Waals surface area contributed by atoms with Crippen LogP contribution in [0.15, 0.2) is 24.3 Å². The Hall–Kier alpha value is -1.66. The molecule has 0 bridgehead atoms. The lowest BCUT2D eigenvalue weighted by Crippen LogP contribution is -2.47. The van der Waals surface area contributed by atoms with Crippen LogP contribution in [-0.4, -0.2) is 73.7 Å². The normalized spacial score (nSPS) is 21.4. The number of ether oxygens (including phenoxy) is 2. The Morgan fingerprint density at radius 2 is 1.93 bits per heavy atom. The standard InChI is InChI=1S/C21H30N2O3S/c1-25-19-8-6-17(14-20(19)26-2)7-9-21(24)23-12-5-13-27-16-18(23)15-22-10-3-4-11-22/h6-9,14,18H,3-5,10-13,15-16H2,1-2H3/b9-7+. The first kappa shape index (κ1) is 20.1. The van der Waals surface area contributed by atoms with Gasteiger partial charge in [-0.05, 0) is 61.9 Å². The van der Waals surface area contributed by atoms with Crippen molar-refractivity contribution in [2.75, 3.05) is 51.9 Å². The molecule has 0 radical (unpaired) electrons. The van der Waals surface area contributed by atoms with Crippen molar-refractivity contribution in [1.29, 1.82) is 0 Å². The number of benzene rings is 1. The van der Waals surface area contributed by atoms with E-state index in [-0.39, 0.29) is 5.91 Å². The Balaban J connectivity index is 1.68. The number of carbonyl (C=O) groups excluding carboxylic acids is 1. The SMILES string of the molecule is COc1ccc(/C=C/C(=O)N2CCCSCC2CN2CCCC2)cc1OC. The molecule has 2 aliphatic rings. The predicted molar refractivity (Wildman–Crippen MR) is 112 cm³/mol. The minimum Gasteiger partial charge on any atom is -0.493 e. The Bertz CT molecular complexity index is 659. The monoisotopic (exact) mass is 390 g/mol. The van der Waals surface area contributed by atoms with Crippen LogP contribution in [0.1, 0.15) is 24.8 Å². The molecule has 0 saturated carbocycles. The first-order valence-electron chi connectivity index (χ1n) is 9.72. The van der Waals surface area contributed by atoms with Crippen LogP contribution < -0.4 is 9.47 Å². The molecule has 0 aliphatic carbocycles. The lowest BCUT2D eigenvalue weighted by molar-refractivity contribution is -0.128. The molecule has 1 aromatic carbocycles. The van der Waals surface area contributed by atoms with Crippen molar-refractivity contribution < 1.29 is 14.3 Å². The van der Waals surface area contributed by atoms with Gasteiger partial charge in [0.15, 0.2) is 11.5 Å². The Kier molecular flexibility index (Phi) is 7.47. The molecule has 2 heterocycles. The average molecular weight is 391 g/mol. The van der Waals surface area contributed by atoms with E-state index in [2.05, 4.69) is 9.80 Å². The van der Waals surface area contributed by atoms with Crippen LogP contribution in [0.4, 0.5) is 0 Å². The number of methoxy groups -OCH3 is 2. The van der Waals surface area contributed by atoms with Gasteiger partial charge in [0.25, 0.3) is 0 Å². The van der Waals surface area contributed by atoms with Crippen molar-refractivity contribution in [3.8, 4) is 11.5 Å². The highest BCUT2D eigenvalue weighted by atomic mass is 32.2. The third kappa shape index (κ3) is 5.42. The number of amides is 1. The highest BCUT2D eigenvalue weighted by molar-refractivity contribution is 7.99. The molecule has 0 spiro atoms. The van der Waals surface area contributed by atoms with E-state index < -0.39 is 0 Å².